The van der Waals surface area contributed by atoms with Gasteiger partial charge in [0, 0.05) is 5.41 Å². The Bertz CT molecular complexity index is 1810. The van der Waals surface area contributed by atoms with Crippen LogP contribution in [0.3, 0.4) is 0 Å². The number of ether oxygens (including phenoxy) is 7. The SMILES string of the molecule is COC(=O)[C@@H]1O[C@H](O[C@@H]2[C@@H](O[C@@H]3[C@@H](O[C@H]4CC[C@]5(C)[C@H]6CC=C7[C@@H]8CC(C)(C)C[C@H](O)[C@]8(C)CC[C@@]7(C)[C@]6(C)CC[C@H]5C4(C)C)O[C@@H](C)[C@H](O)[C@H]3O)O[C@@H](CO)[C@H](O)[C@H]2O)[C@@H](O)[C@H](O)[C@H]1O. The second kappa shape index (κ2) is 17.7. The van der Waals surface area contributed by atoms with E-state index in [-0.39, 0.29) is 39.1 Å². The smallest absolute Gasteiger partial charge is 0.337 e. The second-order valence-corrected chi connectivity index (χ2v) is 23.9. The minimum atomic E-state index is -1.98. The molecule has 17 heteroatoms. The molecule has 8 aliphatic rings. The fraction of sp³-hybridized carbons (Fsp3) is 0.939. The van der Waals surface area contributed by atoms with Crippen LogP contribution in [-0.2, 0) is 38.0 Å². The van der Waals surface area contributed by atoms with Crippen molar-refractivity contribution in [3.05, 3.63) is 11.6 Å². The molecule has 0 bridgehead atoms. The van der Waals surface area contributed by atoms with Crippen molar-refractivity contribution in [3.8, 4) is 0 Å². The molecule has 5 aliphatic carbocycles. The van der Waals surface area contributed by atoms with E-state index in [1.807, 2.05) is 0 Å². The Hall–Kier alpha value is -1.39. The molecular formula is C49H80O17. The fourth-order valence-electron chi connectivity index (χ4n) is 15.2. The molecule has 0 aromatic heterocycles. The summed E-state index contributed by atoms with van der Waals surface area (Å²) in [7, 11) is 1.03. The van der Waals surface area contributed by atoms with Gasteiger partial charge in [0.2, 0.25) is 0 Å². The van der Waals surface area contributed by atoms with Gasteiger partial charge < -0.3 is 79.1 Å². The topological polar surface area (TPSA) is 264 Å². The Morgan fingerprint density at radius 3 is 1.95 bits per heavy atom. The van der Waals surface area contributed by atoms with E-state index in [2.05, 4.69) is 66.2 Å². The van der Waals surface area contributed by atoms with Crippen molar-refractivity contribution in [1.82, 2.24) is 0 Å². The third-order valence-electron chi connectivity index (χ3n) is 19.5. The number of carbonyl (C=O) groups excluding carboxylic acids is 1. The standard InChI is InChI=1S/C49H80O17/c1-22-30(52)33(55)38(66-43-39(34(56)31(53)25(21-50)62-43)65-41-36(58)32(54)35(57)37(64-41)40(59)60-10)42(61-22)63-29-14-15-47(7)26(45(29,4)5)13-16-49(9)27(47)12-11-23-24-19-44(2,3)20-28(51)46(24,6)17-18-48(23,49)8/h11,22,24-39,41-43,50-58H,12-21H2,1-10H3/t22-,24-,25-,26-,27+,28-,29-,30-,31-,32+,33+,34+,35+,36-,37+,38-,39-,41+,42+,43+,46+,47-,48+,49+/m0/s1. The summed E-state index contributed by atoms with van der Waals surface area (Å²) in [6.07, 6.45) is -14.7. The summed E-state index contributed by atoms with van der Waals surface area (Å²) in [6, 6.07) is 0. The first kappa shape index (κ1) is 51.0. The normalized spacial score (nSPS) is 54.4. The molecule has 17 nitrogen and oxygen atoms in total. The highest BCUT2D eigenvalue weighted by Crippen LogP contribution is 2.76. The molecule has 0 unspecified atom stereocenters. The van der Waals surface area contributed by atoms with E-state index in [0.717, 1.165) is 58.5 Å². The van der Waals surface area contributed by atoms with Gasteiger partial charge in [-0.15, -0.1) is 0 Å². The van der Waals surface area contributed by atoms with Gasteiger partial charge in [-0.05, 0) is 110 Å². The number of fused-ring (bicyclic) bond motifs is 7. The zero-order chi connectivity index (χ0) is 48.4. The minimum absolute atomic E-state index is 0.000945. The summed E-state index contributed by atoms with van der Waals surface area (Å²) in [5.74, 6) is -0.0949. The van der Waals surface area contributed by atoms with Gasteiger partial charge in [0.25, 0.3) is 0 Å². The van der Waals surface area contributed by atoms with Crippen LogP contribution in [0.15, 0.2) is 11.6 Å². The highest BCUT2D eigenvalue weighted by molar-refractivity contribution is 5.75. The van der Waals surface area contributed by atoms with E-state index >= 15 is 0 Å². The maximum atomic E-state index is 12.4. The number of hydrogen-bond donors (Lipinski definition) is 9. The van der Waals surface area contributed by atoms with E-state index in [9.17, 15) is 50.8 Å². The van der Waals surface area contributed by atoms with Gasteiger partial charge in [-0.2, -0.15) is 0 Å². The van der Waals surface area contributed by atoms with Crippen LogP contribution in [0.4, 0.5) is 0 Å². The first-order valence-electron chi connectivity index (χ1n) is 24.5. The second-order valence-electron chi connectivity index (χ2n) is 23.9. The molecular weight excluding hydrogens is 861 g/mol. The number of aliphatic hydroxyl groups excluding tert-OH is 9. The van der Waals surface area contributed by atoms with Crippen molar-refractivity contribution in [2.75, 3.05) is 13.7 Å². The summed E-state index contributed by atoms with van der Waals surface area (Å²) in [5.41, 5.74) is 1.10. The van der Waals surface area contributed by atoms with E-state index in [4.69, 9.17) is 28.4 Å². The van der Waals surface area contributed by atoms with E-state index in [0.29, 0.717) is 18.3 Å². The number of aliphatic hydroxyl groups is 9. The Balaban J connectivity index is 1.04. The largest absolute Gasteiger partial charge is 0.467 e. The van der Waals surface area contributed by atoms with Gasteiger partial charge in [-0.1, -0.05) is 67.0 Å². The van der Waals surface area contributed by atoms with E-state index in [1.165, 1.54) is 0 Å². The van der Waals surface area contributed by atoms with Gasteiger partial charge in [0.1, 0.15) is 61.0 Å². The lowest BCUT2D eigenvalue weighted by molar-refractivity contribution is -0.396. The maximum Gasteiger partial charge on any atom is 0.337 e. The van der Waals surface area contributed by atoms with Gasteiger partial charge in [0.15, 0.2) is 25.0 Å². The van der Waals surface area contributed by atoms with Gasteiger partial charge >= 0.3 is 5.97 Å². The molecule has 0 aromatic rings. The number of rotatable bonds is 8. The molecule has 0 aromatic carbocycles. The molecule has 9 N–H and O–H groups in total. The molecule has 3 saturated heterocycles. The lowest BCUT2D eigenvalue weighted by atomic mass is 9.33. The molecule has 0 amide bonds. The van der Waals surface area contributed by atoms with Gasteiger partial charge in [-0.25, -0.2) is 4.79 Å². The van der Waals surface area contributed by atoms with Crippen LogP contribution in [0.2, 0.25) is 0 Å². The van der Waals surface area contributed by atoms with Crippen molar-refractivity contribution in [1.29, 1.82) is 0 Å². The summed E-state index contributed by atoms with van der Waals surface area (Å²) in [4.78, 5) is 12.4. The lowest BCUT2D eigenvalue weighted by Gasteiger charge is -2.71. The fourth-order valence-corrected chi connectivity index (χ4v) is 15.2. The van der Waals surface area contributed by atoms with Crippen LogP contribution in [0.1, 0.15) is 120 Å². The number of carbonyl (C=O) groups is 1. The molecule has 378 valence electrons. The maximum absolute atomic E-state index is 12.4. The first-order valence-corrected chi connectivity index (χ1v) is 24.5. The van der Waals surface area contributed by atoms with Gasteiger partial charge in [0.05, 0.1) is 32.0 Å². The van der Waals surface area contributed by atoms with Crippen molar-refractivity contribution in [2.24, 2.45) is 50.2 Å². The van der Waals surface area contributed by atoms with Crippen molar-refractivity contribution in [2.45, 2.75) is 224 Å². The molecule has 0 spiro atoms. The lowest BCUT2D eigenvalue weighted by Crippen LogP contribution is -2.67. The number of allylic oxidation sites excluding steroid dienone is 2. The average molecular weight is 941 g/mol. The third kappa shape index (κ3) is 7.88. The number of esters is 1. The quantitative estimate of drug-likeness (QED) is 0.0955. The Morgan fingerprint density at radius 1 is 0.667 bits per heavy atom. The van der Waals surface area contributed by atoms with Crippen molar-refractivity contribution in [3.63, 3.8) is 0 Å². The molecule has 7 fully saturated rings. The molecule has 0 radical (unpaired) electrons. The third-order valence-corrected chi connectivity index (χ3v) is 19.5. The monoisotopic (exact) mass is 941 g/mol. The average Bonchev–Trinajstić information content (AvgIpc) is 3.25. The Kier molecular flexibility index (Phi) is 13.7. The zero-order valence-corrected chi connectivity index (χ0v) is 40.5. The molecule has 66 heavy (non-hydrogen) atoms. The van der Waals surface area contributed by atoms with E-state index in [1.54, 1.807) is 12.5 Å². The molecule has 24 atom stereocenters. The first-order chi connectivity index (χ1) is 30.7. The molecule has 3 aliphatic heterocycles. The van der Waals surface area contributed by atoms with Crippen LogP contribution in [0.5, 0.6) is 0 Å². The summed E-state index contributed by atoms with van der Waals surface area (Å²) < 4.78 is 41.6. The Labute approximate surface area is 389 Å². The van der Waals surface area contributed by atoms with Crippen LogP contribution in [0, 0.1) is 50.2 Å². The van der Waals surface area contributed by atoms with Crippen LogP contribution in [0.25, 0.3) is 0 Å². The van der Waals surface area contributed by atoms with Crippen molar-refractivity contribution < 1.29 is 83.9 Å². The van der Waals surface area contributed by atoms with Crippen LogP contribution >= 0.6 is 0 Å². The summed E-state index contributed by atoms with van der Waals surface area (Å²) >= 11 is 0. The van der Waals surface area contributed by atoms with Crippen LogP contribution in [-0.4, -0.2) is 170 Å². The molecule has 8 rings (SSSR count). The van der Waals surface area contributed by atoms with Gasteiger partial charge in [-0.3, -0.25) is 0 Å². The zero-order valence-electron chi connectivity index (χ0n) is 40.5. The predicted octanol–water partition coefficient (Wildman–Crippen LogP) is 1.82. The molecule has 4 saturated carbocycles. The Morgan fingerprint density at radius 2 is 1.30 bits per heavy atom. The number of methoxy groups -OCH3 is 1. The van der Waals surface area contributed by atoms with E-state index < -0.39 is 116 Å². The predicted molar refractivity (Wildman–Crippen MR) is 234 cm³/mol. The summed E-state index contributed by atoms with van der Waals surface area (Å²) in [6.45, 7) is 19.8. The summed E-state index contributed by atoms with van der Waals surface area (Å²) in [5, 5.41) is 98.8. The number of hydrogen-bond acceptors (Lipinski definition) is 17. The highest BCUT2D eigenvalue weighted by atomic mass is 16.8. The molecule has 3 heterocycles. The van der Waals surface area contributed by atoms with Crippen LogP contribution < -0.4 is 0 Å². The van der Waals surface area contributed by atoms with Crippen molar-refractivity contribution >= 4 is 5.97 Å². The highest BCUT2D eigenvalue weighted by Gasteiger charge is 2.69. The minimum Gasteiger partial charge on any atom is -0.467 e.